The first-order valence-corrected chi connectivity index (χ1v) is 6.75. The molecule has 1 aliphatic rings. The van der Waals surface area contributed by atoms with Crippen LogP contribution in [0.3, 0.4) is 0 Å². The lowest BCUT2D eigenvalue weighted by Gasteiger charge is -2.33. The minimum absolute atomic E-state index is 0.0602. The number of rotatable bonds is 2. The van der Waals surface area contributed by atoms with Crippen molar-refractivity contribution in [1.82, 2.24) is 0 Å². The molecule has 3 rings (SSSR count). The zero-order valence-electron chi connectivity index (χ0n) is 11.2. The maximum Gasteiger partial charge on any atom is 0.123 e. The maximum absolute atomic E-state index is 5.74. The van der Waals surface area contributed by atoms with E-state index in [1.807, 2.05) is 12.1 Å². The van der Waals surface area contributed by atoms with Crippen LogP contribution < -0.4 is 4.74 Å². The number of fused-ring (bicyclic) bond motifs is 1. The molecule has 0 spiro atoms. The molecule has 0 bridgehead atoms. The van der Waals surface area contributed by atoms with E-state index in [-0.39, 0.29) is 5.41 Å². The fraction of sp³-hybridized carbons (Fsp3) is 0.222. The number of benzene rings is 2. The van der Waals surface area contributed by atoms with E-state index in [0.717, 1.165) is 18.8 Å². The van der Waals surface area contributed by atoms with E-state index in [0.29, 0.717) is 0 Å². The van der Waals surface area contributed by atoms with Crippen molar-refractivity contribution in [2.75, 3.05) is 6.61 Å². The molecule has 0 aromatic heterocycles. The summed E-state index contributed by atoms with van der Waals surface area (Å²) in [6.07, 6.45) is 5.54. The highest BCUT2D eigenvalue weighted by Gasteiger charge is 2.30. The molecular formula is C18H18O. The van der Waals surface area contributed by atoms with Gasteiger partial charge in [0, 0.05) is 11.0 Å². The van der Waals surface area contributed by atoms with Crippen LogP contribution in [0.15, 0.2) is 60.7 Å². The standard InChI is InChI=1S/C18H18O/c1-18(12-11-15-7-3-2-4-8-15)13-14-19-17-10-6-5-9-16(17)18/h2-12H,13-14H2,1H3/b12-11+. The minimum atomic E-state index is 0.0602. The molecule has 19 heavy (non-hydrogen) atoms. The van der Waals surface area contributed by atoms with E-state index in [2.05, 4.69) is 61.5 Å². The van der Waals surface area contributed by atoms with Crippen LogP contribution >= 0.6 is 0 Å². The van der Waals surface area contributed by atoms with E-state index in [1.54, 1.807) is 0 Å². The molecule has 1 nitrogen and oxygen atoms in total. The molecule has 0 fully saturated rings. The molecular weight excluding hydrogens is 232 g/mol. The summed E-state index contributed by atoms with van der Waals surface area (Å²) in [4.78, 5) is 0. The van der Waals surface area contributed by atoms with E-state index in [1.165, 1.54) is 11.1 Å². The van der Waals surface area contributed by atoms with Gasteiger partial charge in [-0.05, 0) is 18.1 Å². The first-order valence-electron chi connectivity index (χ1n) is 6.75. The quantitative estimate of drug-likeness (QED) is 0.765. The van der Waals surface area contributed by atoms with Gasteiger partial charge in [-0.3, -0.25) is 0 Å². The lowest BCUT2D eigenvalue weighted by molar-refractivity contribution is 0.247. The SMILES string of the molecule is CC1(/C=C/c2ccccc2)CCOc2ccccc21. The van der Waals surface area contributed by atoms with Gasteiger partial charge in [0.05, 0.1) is 6.61 Å². The zero-order chi connectivity index (χ0) is 13.1. The molecule has 0 saturated carbocycles. The van der Waals surface area contributed by atoms with Gasteiger partial charge in [0.2, 0.25) is 0 Å². The summed E-state index contributed by atoms with van der Waals surface area (Å²) in [5.74, 6) is 1.02. The largest absolute Gasteiger partial charge is 0.493 e. The lowest BCUT2D eigenvalue weighted by Crippen LogP contribution is -2.27. The Morgan fingerprint density at radius 3 is 2.58 bits per heavy atom. The highest BCUT2D eigenvalue weighted by Crippen LogP contribution is 2.39. The predicted octanol–water partition coefficient (Wildman–Crippen LogP) is 4.44. The second kappa shape index (κ2) is 4.93. The van der Waals surface area contributed by atoms with Crippen molar-refractivity contribution < 1.29 is 4.74 Å². The Kier molecular flexibility index (Phi) is 3.12. The molecule has 0 radical (unpaired) electrons. The number of hydrogen-bond acceptors (Lipinski definition) is 1. The van der Waals surface area contributed by atoms with Gasteiger partial charge in [-0.15, -0.1) is 0 Å². The van der Waals surface area contributed by atoms with Crippen LogP contribution in [-0.4, -0.2) is 6.61 Å². The zero-order valence-corrected chi connectivity index (χ0v) is 11.2. The monoisotopic (exact) mass is 250 g/mol. The highest BCUT2D eigenvalue weighted by atomic mass is 16.5. The molecule has 96 valence electrons. The Labute approximate surface area is 114 Å². The summed E-state index contributed by atoms with van der Waals surface area (Å²) < 4.78 is 5.74. The number of ether oxygens (including phenoxy) is 1. The Morgan fingerprint density at radius 1 is 1.00 bits per heavy atom. The first kappa shape index (κ1) is 12.0. The molecule has 1 heteroatoms. The Hall–Kier alpha value is -2.02. The smallest absolute Gasteiger partial charge is 0.123 e. The number of para-hydroxylation sites is 1. The van der Waals surface area contributed by atoms with Crippen molar-refractivity contribution in [3.05, 3.63) is 71.8 Å². The second-order valence-corrected chi connectivity index (χ2v) is 5.26. The van der Waals surface area contributed by atoms with Crippen LogP contribution in [0.5, 0.6) is 5.75 Å². The molecule has 1 atom stereocenters. The van der Waals surface area contributed by atoms with Gasteiger partial charge in [0.15, 0.2) is 0 Å². The topological polar surface area (TPSA) is 9.23 Å². The van der Waals surface area contributed by atoms with Crippen molar-refractivity contribution in [1.29, 1.82) is 0 Å². The van der Waals surface area contributed by atoms with Gasteiger partial charge in [-0.2, -0.15) is 0 Å². The average Bonchev–Trinajstić information content (AvgIpc) is 2.47. The molecule has 0 aliphatic carbocycles. The van der Waals surface area contributed by atoms with Crippen LogP contribution in [-0.2, 0) is 5.41 Å². The number of allylic oxidation sites excluding steroid dienone is 1. The highest BCUT2D eigenvalue weighted by molar-refractivity contribution is 5.54. The minimum Gasteiger partial charge on any atom is -0.493 e. The number of hydrogen-bond donors (Lipinski definition) is 0. The lowest BCUT2D eigenvalue weighted by atomic mass is 9.77. The third-order valence-corrected chi connectivity index (χ3v) is 3.82. The van der Waals surface area contributed by atoms with Crippen LogP contribution in [0.2, 0.25) is 0 Å². The van der Waals surface area contributed by atoms with Gasteiger partial charge in [0.25, 0.3) is 0 Å². The molecule has 0 N–H and O–H groups in total. The van der Waals surface area contributed by atoms with Crippen molar-refractivity contribution >= 4 is 6.08 Å². The Morgan fingerprint density at radius 2 is 1.74 bits per heavy atom. The van der Waals surface area contributed by atoms with Crippen LogP contribution in [0, 0.1) is 0 Å². The fourth-order valence-electron chi connectivity index (χ4n) is 2.59. The molecule has 1 aliphatic heterocycles. The summed E-state index contributed by atoms with van der Waals surface area (Å²) >= 11 is 0. The molecule has 0 amide bonds. The van der Waals surface area contributed by atoms with Crippen molar-refractivity contribution in [3.8, 4) is 5.75 Å². The van der Waals surface area contributed by atoms with Crippen molar-refractivity contribution in [2.24, 2.45) is 0 Å². The third-order valence-electron chi connectivity index (χ3n) is 3.82. The summed E-state index contributed by atoms with van der Waals surface area (Å²) in [6, 6.07) is 18.8. The van der Waals surface area contributed by atoms with Gasteiger partial charge in [-0.25, -0.2) is 0 Å². The van der Waals surface area contributed by atoms with Crippen LogP contribution in [0.1, 0.15) is 24.5 Å². The normalized spacial score (nSPS) is 21.9. The van der Waals surface area contributed by atoms with Crippen molar-refractivity contribution in [3.63, 3.8) is 0 Å². The molecule has 1 heterocycles. The van der Waals surface area contributed by atoms with E-state index in [9.17, 15) is 0 Å². The van der Waals surface area contributed by atoms with Gasteiger partial charge >= 0.3 is 0 Å². The predicted molar refractivity (Wildman–Crippen MR) is 79.4 cm³/mol. The fourth-order valence-corrected chi connectivity index (χ4v) is 2.59. The molecule has 1 unspecified atom stereocenters. The van der Waals surface area contributed by atoms with Gasteiger partial charge < -0.3 is 4.74 Å². The third kappa shape index (κ3) is 2.41. The molecule has 2 aromatic carbocycles. The van der Waals surface area contributed by atoms with E-state index >= 15 is 0 Å². The van der Waals surface area contributed by atoms with E-state index < -0.39 is 0 Å². The first-order chi connectivity index (χ1) is 9.28. The Bertz CT molecular complexity index is 586. The van der Waals surface area contributed by atoms with Crippen molar-refractivity contribution in [2.45, 2.75) is 18.8 Å². The van der Waals surface area contributed by atoms with Gasteiger partial charge in [-0.1, -0.05) is 67.6 Å². The summed E-state index contributed by atoms with van der Waals surface area (Å²) in [5, 5.41) is 0. The van der Waals surface area contributed by atoms with Crippen LogP contribution in [0.4, 0.5) is 0 Å². The average molecular weight is 250 g/mol. The summed E-state index contributed by atoms with van der Waals surface area (Å²) in [7, 11) is 0. The Balaban J connectivity index is 1.94. The maximum atomic E-state index is 5.74. The molecule has 0 saturated heterocycles. The second-order valence-electron chi connectivity index (χ2n) is 5.26. The van der Waals surface area contributed by atoms with Gasteiger partial charge in [0.1, 0.15) is 5.75 Å². The summed E-state index contributed by atoms with van der Waals surface area (Å²) in [6.45, 7) is 3.07. The molecule has 2 aromatic rings. The summed E-state index contributed by atoms with van der Waals surface area (Å²) in [5.41, 5.74) is 2.59. The van der Waals surface area contributed by atoms with E-state index in [4.69, 9.17) is 4.74 Å². The van der Waals surface area contributed by atoms with Crippen LogP contribution in [0.25, 0.3) is 6.08 Å².